The van der Waals surface area contributed by atoms with Crippen molar-refractivity contribution < 1.29 is 5.11 Å². The Bertz CT molecular complexity index is 1040. The van der Waals surface area contributed by atoms with Gasteiger partial charge in [-0.05, 0) is 109 Å². The van der Waals surface area contributed by atoms with Gasteiger partial charge in [0, 0.05) is 17.8 Å². The molecule has 2 aromatic rings. The van der Waals surface area contributed by atoms with Crippen molar-refractivity contribution >= 4 is 10.8 Å². The van der Waals surface area contributed by atoms with E-state index in [0.717, 1.165) is 25.2 Å². The summed E-state index contributed by atoms with van der Waals surface area (Å²) in [4.78, 5) is 4.35. The van der Waals surface area contributed by atoms with Crippen molar-refractivity contribution in [2.24, 2.45) is 23.2 Å². The molecular weight excluding hydrogens is 366 g/mol. The lowest BCUT2D eigenvalue weighted by Crippen LogP contribution is -2.35. The number of rotatable bonds is 1. The van der Waals surface area contributed by atoms with Crippen LogP contribution in [0.25, 0.3) is 10.8 Å². The number of nitrogens with zero attached hydrogens (tertiary/aromatic N) is 1. The molecule has 30 heavy (non-hydrogen) atoms. The zero-order valence-corrected chi connectivity index (χ0v) is 18.1. The lowest BCUT2D eigenvalue weighted by Gasteiger charge is -2.44. The summed E-state index contributed by atoms with van der Waals surface area (Å²) in [6.07, 6.45) is 18.5. The van der Waals surface area contributed by atoms with Gasteiger partial charge >= 0.3 is 0 Å². The highest BCUT2D eigenvalue weighted by Crippen LogP contribution is 2.62. The van der Waals surface area contributed by atoms with Crippen molar-refractivity contribution in [2.75, 3.05) is 0 Å². The molecule has 2 saturated carbocycles. The second-order valence-corrected chi connectivity index (χ2v) is 10.7. The molecule has 1 aromatic heterocycles. The Morgan fingerprint density at radius 1 is 1.03 bits per heavy atom. The van der Waals surface area contributed by atoms with Gasteiger partial charge < -0.3 is 5.11 Å². The maximum Gasteiger partial charge on any atom is 0.0549 e. The van der Waals surface area contributed by atoms with Gasteiger partial charge in [-0.3, -0.25) is 4.98 Å². The number of hydrogen-bond donors (Lipinski definition) is 1. The van der Waals surface area contributed by atoms with Crippen molar-refractivity contribution in [1.82, 2.24) is 4.98 Å². The van der Waals surface area contributed by atoms with Crippen LogP contribution in [0.5, 0.6) is 0 Å². The smallest absolute Gasteiger partial charge is 0.0549 e. The standard InChI is InChI=1S/C28H33NO/c1-28-12-10-21-14-19-4-6-24(30)16-20(19)5-7-25(21)27(28)9-8-26(28)22-3-2-18-11-13-29-17-23(18)15-22/h2-3,10-11,13-15,17,20,24-27,30H,4-9,12,16H2,1H3. The average molecular weight is 400 g/mol. The summed E-state index contributed by atoms with van der Waals surface area (Å²) in [7, 11) is 0. The maximum absolute atomic E-state index is 10.2. The molecule has 0 saturated heterocycles. The lowest BCUT2D eigenvalue weighted by molar-refractivity contribution is 0.112. The molecule has 1 N–H and O–H groups in total. The third kappa shape index (κ3) is 2.91. The van der Waals surface area contributed by atoms with E-state index in [1.165, 1.54) is 48.4 Å². The molecule has 4 aliphatic carbocycles. The molecule has 2 nitrogen and oxygen atoms in total. The van der Waals surface area contributed by atoms with Crippen LogP contribution in [0, 0.1) is 23.2 Å². The highest BCUT2D eigenvalue weighted by atomic mass is 16.3. The van der Waals surface area contributed by atoms with E-state index >= 15 is 0 Å². The second kappa shape index (κ2) is 7.05. The van der Waals surface area contributed by atoms with Crippen molar-refractivity contribution in [1.29, 1.82) is 0 Å². The SMILES string of the molecule is CC12CC=C3C=C4CCC(O)CC4CCC3C1CCC2c1ccc2ccncc2c1. The van der Waals surface area contributed by atoms with Gasteiger partial charge in [0.2, 0.25) is 0 Å². The Kier molecular flexibility index (Phi) is 4.42. The second-order valence-electron chi connectivity index (χ2n) is 10.7. The number of aliphatic hydroxyl groups excluding tert-OH is 1. The minimum Gasteiger partial charge on any atom is -0.393 e. The fourth-order valence-corrected chi connectivity index (χ4v) is 7.56. The van der Waals surface area contributed by atoms with Crippen molar-refractivity contribution in [2.45, 2.75) is 70.3 Å². The minimum atomic E-state index is -0.0789. The van der Waals surface area contributed by atoms with Crippen LogP contribution < -0.4 is 0 Å². The molecule has 0 aliphatic heterocycles. The molecule has 6 rings (SSSR count). The van der Waals surface area contributed by atoms with Crippen molar-refractivity contribution in [3.05, 3.63) is 65.5 Å². The number of pyridine rings is 1. The molecule has 156 valence electrons. The highest BCUT2D eigenvalue weighted by molar-refractivity contribution is 5.82. The van der Waals surface area contributed by atoms with Gasteiger partial charge in [0.1, 0.15) is 0 Å². The van der Waals surface area contributed by atoms with Gasteiger partial charge in [0.25, 0.3) is 0 Å². The highest BCUT2D eigenvalue weighted by Gasteiger charge is 2.52. The minimum absolute atomic E-state index is 0.0789. The van der Waals surface area contributed by atoms with Crippen LogP contribution in [0.2, 0.25) is 0 Å². The molecule has 6 unspecified atom stereocenters. The molecule has 0 bridgehead atoms. The number of fused-ring (bicyclic) bond motifs is 5. The summed E-state index contributed by atoms with van der Waals surface area (Å²) in [5.41, 5.74) is 5.14. The zero-order chi connectivity index (χ0) is 20.3. The molecule has 0 amide bonds. The van der Waals surface area contributed by atoms with Crippen LogP contribution in [0.15, 0.2) is 60.0 Å². The fourth-order valence-electron chi connectivity index (χ4n) is 7.56. The summed E-state index contributed by atoms with van der Waals surface area (Å²) < 4.78 is 0. The van der Waals surface area contributed by atoms with Gasteiger partial charge in [-0.1, -0.05) is 36.8 Å². The van der Waals surface area contributed by atoms with E-state index in [0.29, 0.717) is 23.2 Å². The number of allylic oxidation sites excluding steroid dienone is 4. The van der Waals surface area contributed by atoms with Gasteiger partial charge in [-0.15, -0.1) is 0 Å². The summed E-state index contributed by atoms with van der Waals surface area (Å²) in [5, 5.41) is 12.7. The van der Waals surface area contributed by atoms with E-state index in [4.69, 9.17) is 0 Å². The first-order valence-electron chi connectivity index (χ1n) is 12.0. The summed E-state index contributed by atoms with van der Waals surface area (Å²) >= 11 is 0. The van der Waals surface area contributed by atoms with Crippen LogP contribution in [0.4, 0.5) is 0 Å². The number of benzene rings is 1. The summed E-state index contributed by atoms with van der Waals surface area (Å²) in [5.74, 6) is 2.77. The first-order valence-corrected chi connectivity index (χ1v) is 12.0. The number of hydrogen-bond acceptors (Lipinski definition) is 2. The van der Waals surface area contributed by atoms with Crippen LogP contribution in [0.3, 0.4) is 0 Å². The van der Waals surface area contributed by atoms with E-state index < -0.39 is 0 Å². The van der Waals surface area contributed by atoms with E-state index in [9.17, 15) is 5.11 Å². The van der Waals surface area contributed by atoms with Gasteiger partial charge in [0.05, 0.1) is 6.10 Å². The van der Waals surface area contributed by atoms with Crippen molar-refractivity contribution in [3.8, 4) is 0 Å². The Morgan fingerprint density at radius 2 is 1.97 bits per heavy atom. The summed E-state index contributed by atoms with van der Waals surface area (Å²) in [6.45, 7) is 2.57. The third-order valence-corrected chi connectivity index (χ3v) is 9.19. The van der Waals surface area contributed by atoms with Crippen LogP contribution in [-0.4, -0.2) is 16.2 Å². The normalized spacial score (nSPS) is 38.1. The molecule has 1 aromatic carbocycles. The van der Waals surface area contributed by atoms with Gasteiger partial charge in [-0.25, -0.2) is 0 Å². The van der Waals surface area contributed by atoms with Crippen LogP contribution in [0.1, 0.15) is 69.8 Å². The van der Waals surface area contributed by atoms with Crippen LogP contribution >= 0.6 is 0 Å². The predicted molar refractivity (Wildman–Crippen MR) is 122 cm³/mol. The Morgan fingerprint density at radius 3 is 2.90 bits per heavy atom. The van der Waals surface area contributed by atoms with Gasteiger partial charge in [0.15, 0.2) is 0 Å². The molecule has 1 heterocycles. The van der Waals surface area contributed by atoms with Gasteiger partial charge in [-0.2, -0.15) is 0 Å². The quantitative estimate of drug-likeness (QED) is 0.589. The fraction of sp³-hybridized carbons (Fsp3) is 0.536. The first kappa shape index (κ1) is 18.8. The van der Waals surface area contributed by atoms with E-state index in [1.54, 1.807) is 11.1 Å². The lowest BCUT2D eigenvalue weighted by atomic mass is 9.60. The topological polar surface area (TPSA) is 33.1 Å². The number of aromatic nitrogens is 1. The predicted octanol–water partition coefficient (Wildman–Crippen LogP) is 6.56. The molecular formula is C28H33NO. The summed E-state index contributed by atoms with van der Waals surface area (Å²) in [6, 6.07) is 9.19. The zero-order valence-electron chi connectivity index (χ0n) is 18.1. The number of aliphatic hydroxyl groups is 1. The van der Waals surface area contributed by atoms with E-state index in [2.05, 4.69) is 48.3 Å². The van der Waals surface area contributed by atoms with E-state index in [-0.39, 0.29) is 6.10 Å². The molecule has 2 fully saturated rings. The third-order valence-electron chi connectivity index (χ3n) is 9.19. The van der Waals surface area contributed by atoms with Crippen molar-refractivity contribution in [3.63, 3.8) is 0 Å². The Labute approximate surface area is 180 Å². The van der Waals surface area contributed by atoms with Crippen LogP contribution in [-0.2, 0) is 0 Å². The maximum atomic E-state index is 10.2. The first-order chi connectivity index (χ1) is 14.6. The average Bonchev–Trinajstić information content (AvgIpc) is 3.00. The van der Waals surface area contributed by atoms with E-state index in [1.807, 2.05) is 12.4 Å². The molecule has 6 atom stereocenters. The monoisotopic (exact) mass is 399 g/mol. The molecule has 0 spiro atoms. The Balaban J connectivity index is 1.33. The molecule has 4 aliphatic rings. The molecule has 0 radical (unpaired) electrons. The molecule has 2 heteroatoms. The Hall–Kier alpha value is -1.93. The largest absolute Gasteiger partial charge is 0.393 e.